The highest BCUT2D eigenvalue weighted by atomic mass is 16.6. The van der Waals surface area contributed by atoms with Gasteiger partial charge in [-0.3, -0.25) is 0 Å². The second kappa shape index (κ2) is 7.42. The van der Waals surface area contributed by atoms with E-state index < -0.39 is 17.1 Å². The zero-order valence-corrected chi connectivity index (χ0v) is 16.8. The first-order valence-electron chi connectivity index (χ1n) is 8.61. The summed E-state index contributed by atoms with van der Waals surface area (Å²) >= 11 is 0. The van der Waals surface area contributed by atoms with Crippen LogP contribution in [-0.2, 0) is 4.74 Å². The number of hydrogen-bond donors (Lipinski definition) is 1. The molecule has 1 aromatic carbocycles. The van der Waals surface area contributed by atoms with Crippen molar-refractivity contribution in [2.75, 3.05) is 7.11 Å². The summed E-state index contributed by atoms with van der Waals surface area (Å²) in [6.07, 6.45) is 0. The predicted molar refractivity (Wildman–Crippen MR) is 105 cm³/mol. The van der Waals surface area contributed by atoms with Gasteiger partial charge in [0.2, 0.25) is 0 Å². The summed E-state index contributed by atoms with van der Waals surface area (Å²) in [7, 11) is 1.50. The molecule has 27 heavy (non-hydrogen) atoms. The van der Waals surface area contributed by atoms with Crippen molar-refractivity contribution in [1.29, 1.82) is 0 Å². The third-order valence-corrected chi connectivity index (χ3v) is 3.29. The number of rotatable bonds is 2. The Kier molecular flexibility index (Phi) is 5.63. The Balaban J connectivity index is 2.45. The first-order chi connectivity index (χ1) is 12.4. The summed E-state index contributed by atoms with van der Waals surface area (Å²) in [5.41, 5.74) is -1.56. The molecule has 1 heterocycles. The number of methoxy groups -OCH3 is 1. The lowest BCUT2D eigenvalue weighted by molar-refractivity contribution is 0.0698. The van der Waals surface area contributed by atoms with E-state index in [-0.39, 0.29) is 17.1 Å². The van der Waals surface area contributed by atoms with Gasteiger partial charge >= 0.3 is 11.6 Å². The van der Waals surface area contributed by atoms with Crippen LogP contribution in [0.1, 0.15) is 51.9 Å². The number of carbonyl (C=O) groups is 1. The number of carbonyl (C=O) groups excluding carboxylic acids is 1. The average Bonchev–Trinajstić information content (AvgIpc) is 2.49. The number of esters is 1. The van der Waals surface area contributed by atoms with Crippen LogP contribution < -0.4 is 15.7 Å². The van der Waals surface area contributed by atoms with Gasteiger partial charge in [0.1, 0.15) is 16.9 Å². The molecule has 0 bridgehead atoms. The maximum absolute atomic E-state index is 12.6. The molecule has 1 N–H and O–H groups in total. The molecule has 146 valence electrons. The van der Waals surface area contributed by atoms with Crippen LogP contribution in [0.25, 0.3) is 11.0 Å². The highest BCUT2D eigenvalue weighted by Crippen LogP contribution is 2.25. The number of ether oxygens (including phenoxy) is 2. The molecule has 7 heteroatoms. The molecule has 0 aliphatic rings. The van der Waals surface area contributed by atoms with Crippen molar-refractivity contribution in [1.82, 2.24) is 5.32 Å². The molecule has 0 aliphatic carbocycles. The van der Waals surface area contributed by atoms with Crippen LogP contribution in [0, 0.1) is 0 Å². The fraction of sp³-hybridized carbons (Fsp3) is 0.450. The number of benzene rings is 1. The van der Waals surface area contributed by atoms with Crippen LogP contribution in [0.2, 0.25) is 0 Å². The monoisotopic (exact) mass is 374 g/mol. The zero-order chi connectivity index (χ0) is 20.4. The Morgan fingerprint density at radius 2 is 1.81 bits per heavy atom. The molecular weight excluding hydrogens is 348 g/mol. The van der Waals surface area contributed by atoms with Gasteiger partial charge in [-0.15, -0.1) is 0 Å². The van der Waals surface area contributed by atoms with E-state index in [1.807, 2.05) is 41.5 Å². The fourth-order valence-corrected chi connectivity index (χ4v) is 2.28. The normalized spacial score (nSPS) is 12.8. The summed E-state index contributed by atoms with van der Waals surface area (Å²) in [5.74, 6) is -0.363. The quantitative estimate of drug-likeness (QED) is 0.374. The molecule has 1 aromatic heterocycles. The predicted octanol–water partition coefficient (Wildman–Crippen LogP) is 3.50. The van der Waals surface area contributed by atoms with Gasteiger partial charge in [0.25, 0.3) is 6.02 Å². The summed E-state index contributed by atoms with van der Waals surface area (Å²) < 4.78 is 15.9. The van der Waals surface area contributed by atoms with Crippen molar-refractivity contribution in [3.05, 3.63) is 40.2 Å². The van der Waals surface area contributed by atoms with E-state index in [4.69, 9.17) is 13.9 Å². The van der Waals surface area contributed by atoms with Gasteiger partial charge in [0, 0.05) is 5.54 Å². The molecule has 0 radical (unpaired) electrons. The Morgan fingerprint density at radius 1 is 1.15 bits per heavy atom. The number of fused-ring (bicyclic) bond motifs is 1. The van der Waals surface area contributed by atoms with E-state index in [2.05, 4.69) is 10.3 Å². The lowest BCUT2D eigenvalue weighted by Crippen LogP contribution is -2.44. The van der Waals surface area contributed by atoms with Crippen molar-refractivity contribution in [2.24, 2.45) is 4.99 Å². The molecule has 0 spiro atoms. The highest BCUT2D eigenvalue weighted by molar-refractivity contribution is 6.00. The second-order valence-corrected chi connectivity index (χ2v) is 8.17. The van der Waals surface area contributed by atoms with E-state index in [1.54, 1.807) is 18.2 Å². The largest absolute Gasteiger partial charge is 0.496 e. The number of nitrogens with zero attached hydrogens (tertiary/aromatic N) is 1. The van der Waals surface area contributed by atoms with Gasteiger partial charge in [-0.25, -0.2) is 14.6 Å². The molecule has 7 nitrogen and oxygen atoms in total. The standard InChI is InChI=1S/C20H26N2O5/c1-19(2,3)21-18(22-20(4,5)6)27-17(24)13-11-12-14(25-7)9-8-10-15(12)26-16(13)23/h8-11H,1-7H3,(H,21,22). The number of amidine groups is 1. The minimum Gasteiger partial charge on any atom is -0.496 e. The number of aliphatic imine (C=N–C) groups is 1. The first kappa shape index (κ1) is 20.5. The van der Waals surface area contributed by atoms with E-state index >= 15 is 0 Å². The molecule has 0 amide bonds. The topological polar surface area (TPSA) is 90.1 Å². The van der Waals surface area contributed by atoms with E-state index in [9.17, 15) is 9.59 Å². The third-order valence-electron chi connectivity index (χ3n) is 3.29. The van der Waals surface area contributed by atoms with Gasteiger partial charge < -0.3 is 19.2 Å². The Hall–Kier alpha value is -2.83. The lowest BCUT2D eigenvalue weighted by atomic mass is 10.1. The van der Waals surface area contributed by atoms with Gasteiger partial charge in [0.05, 0.1) is 18.0 Å². The second-order valence-electron chi connectivity index (χ2n) is 8.17. The third kappa shape index (κ3) is 5.57. The molecule has 0 atom stereocenters. The summed E-state index contributed by atoms with van der Waals surface area (Å²) in [6, 6.07) is 6.49. The van der Waals surface area contributed by atoms with Crippen molar-refractivity contribution in [3.63, 3.8) is 0 Å². The van der Waals surface area contributed by atoms with Crippen molar-refractivity contribution >= 4 is 23.0 Å². The van der Waals surface area contributed by atoms with Gasteiger partial charge in [-0.05, 0) is 59.7 Å². The van der Waals surface area contributed by atoms with Gasteiger partial charge in [-0.2, -0.15) is 0 Å². The van der Waals surface area contributed by atoms with Crippen LogP contribution in [0.15, 0.2) is 38.5 Å². The summed E-state index contributed by atoms with van der Waals surface area (Å²) in [6.45, 7) is 11.4. The van der Waals surface area contributed by atoms with Crippen LogP contribution in [0.3, 0.4) is 0 Å². The number of hydrogen-bond acceptors (Lipinski definition) is 6. The lowest BCUT2D eigenvalue weighted by Gasteiger charge is -2.24. The molecule has 0 saturated heterocycles. The maximum atomic E-state index is 12.6. The summed E-state index contributed by atoms with van der Waals surface area (Å²) in [5, 5.41) is 3.55. The van der Waals surface area contributed by atoms with Gasteiger partial charge in [-0.1, -0.05) is 6.07 Å². The van der Waals surface area contributed by atoms with Crippen LogP contribution >= 0.6 is 0 Å². The molecule has 0 fully saturated rings. The molecular formula is C20H26N2O5. The van der Waals surface area contributed by atoms with Crippen LogP contribution in [0.4, 0.5) is 0 Å². The molecule has 0 unspecified atom stereocenters. The molecule has 2 aromatic rings. The van der Waals surface area contributed by atoms with Crippen molar-refractivity contribution in [3.8, 4) is 5.75 Å². The maximum Gasteiger partial charge on any atom is 0.353 e. The van der Waals surface area contributed by atoms with E-state index in [0.717, 1.165) is 0 Å². The zero-order valence-electron chi connectivity index (χ0n) is 16.8. The van der Waals surface area contributed by atoms with Crippen molar-refractivity contribution < 1.29 is 18.7 Å². The smallest absolute Gasteiger partial charge is 0.353 e. The van der Waals surface area contributed by atoms with E-state index in [0.29, 0.717) is 16.7 Å². The Morgan fingerprint density at radius 3 is 2.37 bits per heavy atom. The number of nitrogens with one attached hydrogen (secondary N) is 1. The fourth-order valence-electron chi connectivity index (χ4n) is 2.28. The first-order valence-corrected chi connectivity index (χ1v) is 8.61. The van der Waals surface area contributed by atoms with Crippen molar-refractivity contribution in [2.45, 2.75) is 52.6 Å². The molecule has 0 aliphatic heterocycles. The summed E-state index contributed by atoms with van der Waals surface area (Å²) in [4.78, 5) is 29.3. The minimum atomic E-state index is -0.851. The van der Waals surface area contributed by atoms with Crippen LogP contribution in [0.5, 0.6) is 5.75 Å². The van der Waals surface area contributed by atoms with E-state index in [1.165, 1.54) is 13.2 Å². The average molecular weight is 374 g/mol. The molecule has 0 saturated carbocycles. The van der Waals surface area contributed by atoms with Gasteiger partial charge in [0.15, 0.2) is 0 Å². The Labute approximate surface area is 158 Å². The highest BCUT2D eigenvalue weighted by Gasteiger charge is 2.23. The van der Waals surface area contributed by atoms with Crippen LogP contribution in [-0.4, -0.2) is 30.2 Å². The molecule has 2 rings (SSSR count). The minimum absolute atomic E-state index is 0.0412. The Bertz CT molecular complexity index is 930. The SMILES string of the molecule is COc1cccc2oc(=O)c(C(=O)OC(=NC(C)(C)C)NC(C)(C)C)cc12.